The Morgan fingerprint density at radius 1 is 1.26 bits per heavy atom. The van der Waals surface area contributed by atoms with Crippen molar-refractivity contribution in [3.63, 3.8) is 0 Å². The van der Waals surface area contributed by atoms with Crippen molar-refractivity contribution in [2.45, 2.75) is 33.7 Å². The lowest BCUT2D eigenvalue weighted by molar-refractivity contribution is 0.457. The Morgan fingerprint density at radius 2 is 1.84 bits per heavy atom. The molecule has 0 saturated heterocycles. The predicted octanol–water partition coefficient (Wildman–Crippen LogP) is 5.21. The average molecular weight is 343 g/mol. The monoisotopic (exact) mass is 342 g/mol. The number of aromatic amines is 1. The molecule has 2 nitrogen and oxygen atoms in total. The van der Waals surface area contributed by atoms with E-state index in [1.165, 1.54) is 0 Å². The van der Waals surface area contributed by atoms with Crippen LogP contribution < -0.4 is 0 Å². The summed E-state index contributed by atoms with van der Waals surface area (Å²) in [6, 6.07) is 3.59. The summed E-state index contributed by atoms with van der Waals surface area (Å²) in [6.45, 7) is 8.92. The van der Waals surface area contributed by atoms with E-state index < -0.39 is 0 Å². The third-order valence-corrected chi connectivity index (χ3v) is 5.87. The first-order chi connectivity index (χ1) is 8.68. The van der Waals surface area contributed by atoms with E-state index in [4.69, 9.17) is 12.2 Å². The van der Waals surface area contributed by atoms with Crippen molar-refractivity contribution in [1.29, 1.82) is 0 Å². The van der Waals surface area contributed by atoms with Crippen molar-refractivity contribution in [3.05, 3.63) is 27.2 Å². The lowest BCUT2D eigenvalue weighted by Crippen LogP contribution is -2.01. The van der Waals surface area contributed by atoms with E-state index in [0.29, 0.717) is 15.3 Å². The van der Waals surface area contributed by atoms with Crippen LogP contribution in [0.1, 0.15) is 33.7 Å². The largest absolute Gasteiger partial charge is 0.331 e. The number of halogens is 2. The van der Waals surface area contributed by atoms with E-state index in [2.05, 4.69) is 53.2 Å². The van der Waals surface area contributed by atoms with Gasteiger partial charge in [0.05, 0.1) is 15.5 Å². The van der Waals surface area contributed by atoms with Crippen LogP contribution >= 0.6 is 28.1 Å². The van der Waals surface area contributed by atoms with Gasteiger partial charge in [-0.05, 0) is 45.0 Å². The molecule has 1 N–H and O–H groups in total. The van der Waals surface area contributed by atoms with Crippen LogP contribution in [-0.2, 0) is 0 Å². The number of fused-ring (bicyclic) bond motifs is 1. The van der Waals surface area contributed by atoms with Crippen molar-refractivity contribution in [3.8, 4) is 0 Å². The van der Waals surface area contributed by atoms with Gasteiger partial charge in [0.15, 0.2) is 4.77 Å². The van der Waals surface area contributed by atoms with Crippen molar-refractivity contribution < 1.29 is 4.39 Å². The second-order valence-electron chi connectivity index (χ2n) is 6.43. The summed E-state index contributed by atoms with van der Waals surface area (Å²) < 4.78 is 17.0. The summed E-state index contributed by atoms with van der Waals surface area (Å²) in [5.74, 6) is -0.258. The molecule has 2 aromatic rings. The van der Waals surface area contributed by atoms with Crippen LogP contribution in [0.25, 0.3) is 11.0 Å². The number of benzene rings is 1. The molecule has 1 aliphatic rings. The van der Waals surface area contributed by atoms with Gasteiger partial charge in [-0.3, -0.25) is 0 Å². The predicted molar refractivity (Wildman–Crippen MR) is 81.4 cm³/mol. The van der Waals surface area contributed by atoms with Gasteiger partial charge in [0.2, 0.25) is 0 Å². The molecule has 0 bridgehead atoms. The zero-order chi connectivity index (χ0) is 14.2. The third-order valence-electron chi connectivity index (χ3n) is 4.96. The normalized spacial score (nSPS) is 20.9. The van der Waals surface area contributed by atoms with Gasteiger partial charge in [-0.15, -0.1) is 0 Å². The van der Waals surface area contributed by atoms with Crippen LogP contribution in [-0.4, -0.2) is 9.55 Å². The molecule has 0 atom stereocenters. The van der Waals surface area contributed by atoms with E-state index in [9.17, 15) is 4.39 Å². The second kappa shape index (κ2) is 3.70. The number of aromatic nitrogens is 2. The van der Waals surface area contributed by atoms with E-state index >= 15 is 0 Å². The molecule has 1 aliphatic carbocycles. The van der Waals surface area contributed by atoms with Crippen LogP contribution in [0.4, 0.5) is 4.39 Å². The molecule has 1 aromatic carbocycles. The first-order valence-corrected chi connectivity index (χ1v) is 7.47. The number of hydrogen-bond donors (Lipinski definition) is 1. The van der Waals surface area contributed by atoms with Crippen molar-refractivity contribution >= 4 is 39.2 Å². The maximum atomic E-state index is 13.8. The highest BCUT2D eigenvalue weighted by molar-refractivity contribution is 9.10. The third kappa shape index (κ3) is 1.61. The topological polar surface area (TPSA) is 20.7 Å². The fourth-order valence-electron chi connectivity index (χ4n) is 3.18. The SMILES string of the molecule is CC1(C)C(n2c(=S)[nH]c3cc(Br)c(F)cc32)C1(C)C. The van der Waals surface area contributed by atoms with Crippen molar-refractivity contribution in [2.75, 3.05) is 0 Å². The Balaban J connectivity index is 2.29. The molecule has 1 saturated carbocycles. The quantitative estimate of drug-likeness (QED) is 0.705. The molecule has 0 radical (unpaired) electrons. The van der Waals surface area contributed by atoms with Crippen LogP contribution in [0.2, 0.25) is 0 Å². The lowest BCUT2D eigenvalue weighted by Gasteiger charge is -2.07. The van der Waals surface area contributed by atoms with Gasteiger partial charge in [-0.25, -0.2) is 4.39 Å². The van der Waals surface area contributed by atoms with Gasteiger partial charge in [-0.1, -0.05) is 27.7 Å². The Hall–Kier alpha value is -0.680. The summed E-state index contributed by atoms with van der Waals surface area (Å²) >= 11 is 8.64. The van der Waals surface area contributed by atoms with Crippen LogP contribution in [0.3, 0.4) is 0 Å². The van der Waals surface area contributed by atoms with Crippen LogP contribution in [0.15, 0.2) is 16.6 Å². The minimum absolute atomic E-state index is 0.157. The highest BCUT2D eigenvalue weighted by Gasteiger charge is 2.66. The maximum absolute atomic E-state index is 13.8. The molecule has 0 spiro atoms. The average Bonchev–Trinajstić information content (AvgIpc) is 2.54. The first kappa shape index (κ1) is 13.3. The van der Waals surface area contributed by atoms with Gasteiger partial charge in [-0.2, -0.15) is 0 Å². The van der Waals surface area contributed by atoms with E-state index in [1.807, 2.05) is 0 Å². The number of H-pyrrole nitrogens is 1. The molecular weight excluding hydrogens is 327 g/mol. The van der Waals surface area contributed by atoms with E-state index in [1.54, 1.807) is 12.1 Å². The molecule has 0 unspecified atom stereocenters. The van der Waals surface area contributed by atoms with Crippen LogP contribution in [0, 0.1) is 21.4 Å². The number of imidazole rings is 1. The van der Waals surface area contributed by atoms with Gasteiger partial charge in [0.25, 0.3) is 0 Å². The Labute approximate surface area is 125 Å². The summed E-state index contributed by atoms with van der Waals surface area (Å²) in [6.07, 6.45) is 0. The van der Waals surface area contributed by atoms with E-state index in [-0.39, 0.29) is 16.6 Å². The minimum atomic E-state index is -0.258. The fourth-order valence-corrected chi connectivity index (χ4v) is 3.84. The highest BCUT2D eigenvalue weighted by atomic mass is 79.9. The second-order valence-corrected chi connectivity index (χ2v) is 7.67. The summed E-state index contributed by atoms with van der Waals surface area (Å²) in [7, 11) is 0. The number of nitrogens with zero attached hydrogens (tertiary/aromatic N) is 1. The lowest BCUT2D eigenvalue weighted by atomic mass is 10.0. The summed E-state index contributed by atoms with van der Waals surface area (Å²) in [4.78, 5) is 3.17. The summed E-state index contributed by atoms with van der Waals surface area (Å²) in [5.41, 5.74) is 2.03. The molecule has 0 aliphatic heterocycles. The molecule has 1 heterocycles. The molecule has 102 valence electrons. The molecule has 1 fully saturated rings. The first-order valence-electron chi connectivity index (χ1n) is 6.27. The summed E-state index contributed by atoms with van der Waals surface area (Å²) in [5, 5.41) is 0. The van der Waals surface area contributed by atoms with Crippen molar-refractivity contribution in [2.24, 2.45) is 10.8 Å². The molecular formula is C14H16BrFN2S. The number of rotatable bonds is 1. The zero-order valence-electron chi connectivity index (χ0n) is 11.3. The Morgan fingerprint density at radius 3 is 2.37 bits per heavy atom. The van der Waals surface area contributed by atoms with Gasteiger partial charge < -0.3 is 9.55 Å². The molecule has 3 rings (SSSR count). The maximum Gasteiger partial charge on any atom is 0.178 e. The van der Waals surface area contributed by atoms with Crippen LogP contribution in [0.5, 0.6) is 0 Å². The molecule has 0 amide bonds. The minimum Gasteiger partial charge on any atom is -0.331 e. The van der Waals surface area contributed by atoms with E-state index in [0.717, 1.165) is 11.0 Å². The molecule has 5 heteroatoms. The smallest absolute Gasteiger partial charge is 0.178 e. The fraction of sp³-hybridized carbons (Fsp3) is 0.500. The zero-order valence-corrected chi connectivity index (χ0v) is 13.7. The van der Waals surface area contributed by atoms with Gasteiger partial charge in [0.1, 0.15) is 5.82 Å². The van der Waals surface area contributed by atoms with Crippen molar-refractivity contribution in [1.82, 2.24) is 9.55 Å². The Kier molecular flexibility index (Phi) is 2.59. The highest BCUT2D eigenvalue weighted by Crippen LogP contribution is 2.71. The molecule has 1 aromatic heterocycles. The van der Waals surface area contributed by atoms with Gasteiger partial charge in [0, 0.05) is 12.1 Å². The number of hydrogen-bond acceptors (Lipinski definition) is 1. The van der Waals surface area contributed by atoms with Gasteiger partial charge >= 0.3 is 0 Å². The Bertz CT molecular complexity index is 728. The number of nitrogens with one attached hydrogen (secondary N) is 1. The molecule has 19 heavy (non-hydrogen) atoms. The standard InChI is InChI=1S/C14H16BrFN2S/c1-13(2)11(14(13,3)4)18-10-6-8(16)7(15)5-9(10)17-12(18)19/h5-6,11H,1-4H3,(H,17,19).